The first-order valence-corrected chi connectivity index (χ1v) is 16.3. The molecule has 4 atom stereocenters. The number of halogens is 1. The van der Waals surface area contributed by atoms with Crippen LogP contribution in [-0.4, -0.2) is 95.3 Å². The van der Waals surface area contributed by atoms with Gasteiger partial charge in [-0.05, 0) is 42.0 Å². The fourth-order valence-corrected chi connectivity index (χ4v) is 8.21. The van der Waals surface area contributed by atoms with E-state index in [-0.39, 0.29) is 23.3 Å². The summed E-state index contributed by atoms with van der Waals surface area (Å²) in [5.41, 5.74) is 2.18. The van der Waals surface area contributed by atoms with Crippen molar-refractivity contribution >= 4 is 27.9 Å². The van der Waals surface area contributed by atoms with E-state index in [1.165, 1.54) is 6.07 Å². The van der Waals surface area contributed by atoms with Crippen molar-refractivity contribution in [3.63, 3.8) is 0 Å². The molecule has 1 aliphatic carbocycles. The fourth-order valence-electron chi connectivity index (χ4n) is 8.21. The zero-order valence-corrected chi connectivity index (χ0v) is 25.7. The predicted molar refractivity (Wildman–Crippen MR) is 169 cm³/mol. The van der Waals surface area contributed by atoms with E-state index in [1.54, 1.807) is 24.5 Å². The molecule has 11 heteroatoms. The van der Waals surface area contributed by atoms with Crippen LogP contribution in [0.1, 0.15) is 24.0 Å². The number of aromatic hydroxyl groups is 1. The lowest BCUT2D eigenvalue weighted by Gasteiger charge is -2.24. The third-order valence-corrected chi connectivity index (χ3v) is 10.9. The van der Waals surface area contributed by atoms with Gasteiger partial charge in [-0.25, -0.2) is 9.37 Å². The SMILES string of the molecule is C#Cc1c(F)ccc2cc(O)cc(Cn3cnc4c(OCC5(CN6CC7COCC7C6)CC5)nc(N5CC6COCC6C5)nc43)c12. The highest BCUT2D eigenvalue weighted by molar-refractivity contribution is 5.92. The van der Waals surface area contributed by atoms with Crippen molar-refractivity contribution in [3.05, 3.63) is 47.5 Å². The van der Waals surface area contributed by atoms with Crippen molar-refractivity contribution in [3.8, 4) is 24.0 Å². The molecule has 2 aromatic carbocycles. The van der Waals surface area contributed by atoms with Gasteiger partial charge in [0.05, 0.1) is 51.5 Å². The highest BCUT2D eigenvalue weighted by Gasteiger charge is 2.48. The van der Waals surface area contributed by atoms with Crippen LogP contribution in [0, 0.1) is 47.2 Å². The molecule has 0 bridgehead atoms. The molecular weight excluding hydrogens is 587 g/mol. The van der Waals surface area contributed by atoms with E-state index in [0.717, 1.165) is 72.0 Å². The number of imidazole rings is 1. The van der Waals surface area contributed by atoms with Gasteiger partial charge < -0.3 is 33.7 Å². The van der Waals surface area contributed by atoms with Gasteiger partial charge in [-0.2, -0.15) is 9.97 Å². The number of rotatable bonds is 8. The smallest absolute Gasteiger partial charge is 0.247 e. The lowest BCUT2D eigenvalue weighted by molar-refractivity contribution is 0.133. The lowest BCUT2D eigenvalue weighted by Crippen LogP contribution is -2.33. The quantitative estimate of drug-likeness (QED) is 0.295. The van der Waals surface area contributed by atoms with Crippen LogP contribution >= 0.6 is 0 Å². The molecular formula is C35H37FN6O4. The average molecular weight is 625 g/mol. The Morgan fingerprint density at radius 3 is 2.41 bits per heavy atom. The second-order valence-electron chi connectivity index (χ2n) is 14.1. The molecule has 1 N–H and O–H groups in total. The first-order chi connectivity index (χ1) is 22.4. The number of phenols is 1. The number of likely N-dealkylation sites (tertiary alicyclic amines) is 1. The average Bonchev–Trinajstić information content (AvgIpc) is 3.58. The van der Waals surface area contributed by atoms with Crippen LogP contribution in [0.15, 0.2) is 30.6 Å². The van der Waals surface area contributed by atoms with Crippen LogP contribution in [0.3, 0.4) is 0 Å². The summed E-state index contributed by atoms with van der Waals surface area (Å²) in [5, 5.41) is 11.8. The molecule has 4 aliphatic heterocycles. The number of fused-ring (bicyclic) bond motifs is 4. The number of aromatic nitrogens is 4. The minimum atomic E-state index is -0.472. The maximum Gasteiger partial charge on any atom is 0.247 e. The van der Waals surface area contributed by atoms with E-state index in [2.05, 4.69) is 15.7 Å². The van der Waals surface area contributed by atoms with E-state index in [9.17, 15) is 9.50 Å². The Balaban J connectivity index is 1.05. The van der Waals surface area contributed by atoms with E-state index in [0.29, 0.717) is 69.6 Å². The first kappa shape index (κ1) is 28.3. The number of benzene rings is 2. The number of anilines is 1. The van der Waals surface area contributed by atoms with Gasteiger partial charge in [0.25, 0.3) is 0 Å². The number of phenolic OH excluding ortho intramolecular Hbond substituents is 1. The molecule has 9 rings (SSSR count). The molecule has 5 fully saturated rings. The Morgan fingerprint density at radius 2 is 1.72 bits per heavy atom. The maximum atomic E-state index is 14.8. The number of ether oxygens (including phenoxy) is 3. The molecule has 6 heterocycles. The molecule has 10 nitrogen and oxygen atoms in total. The highest BCUT2D eigenvalue weighted by atomic mass is 19.1. The van der Waals surface area contributed by atoms with Gasteiger partial charge in [0.15, 0.2) is 11.2 Å². The number of hydrogen-bond acceptors (Lipinski definition) is 9. The molecule has 2 aromatic heterocycles. The number of hydrogen-bond donors (Lipinski definition) is 1. The first-order valence-electron chi connectivity index (χ1n) is 16.3. The van der Waals surface area contributed by atoms with E-state index < -0.39 is 5.82 Å². The fraction of sp³-hybridized carbons (Fsp3) is 0.514. The van der Waals surface area contributed by atoms with Gasteiger partial charge in [-0.1, -0.05) is 12.0 Å². The van der Waals surface area contributed by atoms with Crippen molar-refractivity contribution in [2.45, 2.75) is 19.4 Å². The molecule has 4 saturated heterocycles. The number of terminal acetylenes is 1. The van der Waals surface area contributed by atoms with Crippen LogP contribution < -0.4 is 9.64 Å². The summed E-state index contributed by atoms with van der Waals surface area (Å²) in [5.74, 6) is 5.47. The van der Waals surface area contributed by atoms with Crippen molar-refractivity contribution in [2.24, 2.45) is 29.1 Å². The van der Waals surface area contributed by atoms with Crippen LogP contribution in [0.2, 0.25) is 0 Å². The summed E-state index contributed by atoms with van der Waals surface area (Å²) in [4.78, 5) is 19.6. The largest absolute Gasteiger partial charge is 0.508 e. The summed E-state index contributed by atoms with van der Waals surface area (Å²) in [6, 6.07) is 6.20. The summed E-state index contributed by atoms with van der Waals surface area (Å²) in [7, 11) is 0. The summed E-state index contributed by atoms with van der Waals surface area (Å²) >= 11 is 0. The van der Waals surface area contributed by atoms with Crippen molar-refractivity contribution in [2.75, 3.05) is 70.7 Å². The second kappa shape index (κ2) is 10.8. The standard InChI is InChI=1S/C35H37FN6O4/c1-2-28-29(36)4-3-21-7-27(43)8-22(30(21)28)11-42-20-37-31-32(42)38-34(41-12-25-16-45-17-26(25)13-41)39-33(31)46-19-35(5-6-35)18-40-9-23-14-44-15-24(23)10-40/h1,3-4,7-8,20,23-26,43H,5-6,9-19H2. The molecule has 238 valence electrons. The normalized spacial score (nSPS) is 26.6. The molecule has 5 aliphatic rings. The minimum Gasteiger partial charge on any atom is -0.508 e. The van der Waals surface area contributed by atoms with Crippen molar-refractivity contribution in [1.82, 2.24) is 24.4 Å². The highest BCUT2D eigenvalue weighted by Crippen LogP contribution is 2.48. The Bertz CT molecular complexity index is 1860. The second-order valence-corrected chi connectivity index (χ2v) is 14.1. The van der Waals surface area contributed by atoms with Gasteiger partial charge in [0.2, 0.25) is 11.8 Å². The monoisotopic (exact) mass is 624 g/mol. The zero-order valence-electron chi connectivity index (χ0n) is 25.7. The summed E-state index contributed by atoms with van der Waals surface area (Å²) in [6.07, 6.45) is 9.74. The van der Waals surface area contributed by atoms with E-state index in [4.69, 9.17) is 35.6 Å². The van der Waals surface area contributed by atoms with Crippen LogP contribution in [-0.2, 0) is 16.0 Å². The lowest BCUT2D eigenvalue weighted by atomic mass is 9.98. The Kier molecular flexibility index (Phi) is 6.63. The molecule has 0 radical (unpaired) electrons. The van der Waals surface area contributed by atoms with Gasteiger partial charge in [0, 0.05) is 67.2 Å². The van der Waals surface area contributed by atoms with Crippen LogP contribution in [0.5, 0.6) is 11.6 Å². The maximum absolute atomic E-state index is 14.8. The number of nitrogens with zero attached hydrogens (tertiary/aromatic N) is 6. The van der Waals surface area contributed by atoms with Gasteiger partial charge in [-0.3, -0.25) is 0 Å². The van der Waals surface area contributed by atoms with E-state index in [1.807, 2.05) is 4.57 Å². The Morgan fingerprint density at radius 1 is 1.00 bits per heavy atom. The zero-order chi connectivity index (χ0) is 31.0. The third kappa shape index (κ3) is 4.86. The topological polar surface area (TPSA) is 98.0 Å². The Labute approximate surface area is 266 Å². The Hall–Kier alpha value is -3.98. The summed E-state index contributed by atoms with van der Waals surface area (Å²) in [6.45, 7) is 9.05. The molecule has 0 amide bonds. The molecule has 1 saturated carbocycles. The van der Waals surface area contributed by atoms with Gasteiger partial charge in [0.1, 0.15) is 11.6 Å². The minimum absolute atomic E-state index is 0.0792. The van der Waals surface area contributed by atoms with Crippen LogP contribution in [0.4, 0.5) is 10.3 Å². The van der Waals surface area contributed by atoms with Crippen molar-refractivity contribution in [1.29, 1.82) is 0 Å². The molecule has 4 aromatic rings. The third-order valence-electron chi connectivity index (χ3n) is 10.9. The molecule has 0 spiro atoms. The summed E-state index contributed by atoms with van der Waals surface area (Å²) < 4.78 is 34.7. The molecule has 46 heavy (non-hydrogen) atoms. The molecule has 4 unspecified atom stereocenters. The predicted octanol–water partition coefficient (Wildman–Crippen LogP) is 3.67. The van der Waals surface area contributed by atoms with Gasteiger partial charge in [-0.15, -0.1) is 6.42 Å². The van der Waals surface area contributed by atoms with Crippen molar-refractivity contribution < 1.29 is 23.7 Å². The van der Waals surface area contributed by atoms with E-state index >= 15 is 0 Å². The van der Waals surface area contributed by atoms with Gasteiger partial charge >= 0.3 is 0 Å². The van der Waals surface area contributed by atoms with Crippen LogP contribution in [0.25, 0.3) is 21.9 Å².